The maximum absolute atomic E-state index is 11.0. The van der Waals surface area contributed by atoms with Gasteiger partial charge in [0.25, 0.3) is 0 Å². The number of aromatic nitrogens is 2. The van der Waals surface area contributed by atoms with Crippen molar-refractivity contribution in [1.29, 1.82) is 0 Å². The summed E-state index contributed by atoms with van der Waals surface area (Å²) in [5.74, 6) is -0.205. The summed E-state index contributed by atoms with van der Waals surface area (Å²) in [4.78, 5) is 16.9. The summed E-state index contributed by atoms with van der Waals surface area (Å²) in [6.45, 7) is 1.31. The van der Waals surface area contributed by atoms with E-state index in [2.05, 4.69) is 4.98 Å². The van der Waals surface area contributed by atoms with E-state index in [1.807, 2.05) is 7.05 Å². The average Bonchev–Trinajstić information content (AvgIpc) is 2.64. The highest BCUT2D eigenvalue weighted by Crippen LogP contribution is 2.16. The molecule has 0 bridgehead atoms. The summed E-state index contributed by atoms with van der Waals surface area (Å²) in [6.07, 6.45) is 3.45. The predicted octanol–water partition coefficient (Wildman–Crippen LogP) is -0.290. The van der Waals surface area contributed by atoms with Gasteiger partial charge < -0.3 is 19.3 Å². The molecular weight excluding hydrogens is 198 g/mol. The maximum atomic E-state index is 11.0. The molecule has 0 aromatic carbocycles. The molecule has 2 heterocycles. The number of aryl methyl sites for hydroxylation is 1. The zero-order valence-electron chi connectivity index (χ0n) is 8.46. The zero-order valence-corrected chi connectivity index (χ0v) is 8.46. The average molecular weight is 211 g/mol. The molecule has 0 radical (unpaired) electrons. The van der Waals surface area contributed by atoms with E-state index in [0.29, 0.717) is 19.1 Å². The summed E-state index contributed by atoms with van der Waals surface area (Å²) in [6, 6.07) is -0.639. The molecule has 1 fully saturated rings. The van der Waals surface area contributed by atoms with E-state index in [-0.39, 0.29) is 6.61 Å². The van der Waals surface area contributed by atoms with Crippen LogP contribution in [0.15, 0.2) is 12.4 Å². The molecule has 1 atom stereocenters. The number of morpholine rings is 1. The smallest absolute Gasteiger partial charge is 0.328 e. The molecule has 0 amide bonds. The monoisotopic (exact) mass is 211 g/mol. The van der Waals surface area contributed by atoms with Crippen LogP contribution in [0.25, 0.3) is 0 Å². The van der Waals surface area contributed by atoms with Gasteiger partial charge in [0.2, 0.25) is 5.95 Å². The molecule has 6 heteroatoms. The molecule has 82 valence electrons. The van der Waals surface area contributed by atoms with Gasteiger partial charge >= 0.3 is 5.97 Å². The Bertz CT molecular complexity index is 363. The van der Waals surface area contributed by atoms with Gasteiger partial charge in [0.05, 0.1) is 13.2 Å². The van der Waals surface area contributed by atoms with Crippen LogP contribution in [0.4, 0.5) is 5.95 Å². The van der Waals surface area contributed by atoms with Crippen molar-refractivity contribution in [2.45, 2.75) is 6.04 Å². The first-order valence-electron chi connectivity index (χ1n) is 4.74. The predicted molar refractivity (Wildman–Crippen MR) is 52.8 cm³/mol. The summed E-state index contributed by atoms with van der Waals surface area (Å²) in [5.41, 5.74) is 0. The minimum absolute atomic E-state index is 0.211. The van der Waals surface area contributed by atoms with Crippen molar-refractivity contribution in [3.05, 3.63) is 12.4 Å². The molecule has 2 rings (SSSR count). The first kappa shape index (κ1) is 9.97. The van der Waals surface area contributed by atoms with E-state index in [4.69, 9.17) is 9.84 Å². The van der Waals surface area contributed by atoms with Crippen LogP contribution in [0.3, 0.4) is 0 Å². The Hall–Kier alpha value is -1.56. The minimum atomic E-state index is -0.877. The van der Waals surface area contributed by atoms with Crippen molar-refractivity contribution >= 4 is 11.9 Å². The Morgan fingerprint density at radius 2 is 2.53 bits per heavy atom. The third kappa shape index (κ3) is 1.80. The van der Waals surface area contributed by atoms with E-state index in [9.17, 15) is 4.79 Å². The number of carboxylic acid groups (broad SMARTS) is 1. The molecule has 0 saturated carbocycles. The molecule has 1 saturated heterocycles. The lowest BCUT2D eigenvalue weighted by Crippen LogP contribution is -2.51. The number of carboxylic acids is 1. The van der Waals surface area contributed by atoms with Crippen LogP contribution < -0.4 is 4.90 Å². The van der Waals surface area contributed by atoms with Crippen molar-refractivity contribution in [2.75, 3.05) is 24.7 Å². The van der Waals surface area contributed by atoms with E-state index in [1.165, 1.54) is 0 Å². The summed E-state index contributed by atoms with van der Waals surface area (Å²) in [5, 5.41) is 9.04. The number of imidazole rings is 1. The summed E-state index contributed by atoms with van der Waals surface area (Å²) in [7, 11) is 1.84. The summed E-state index contributed by atoms with van der Waals surface area (Å²) < 4.78 is 6.96. The standard InChI is InChI=1S/C9H13N3O3/c1-11-3-2-10-9(11)12-4-5-15-6-7(12)8(13)14/h2-3,7H,4-6H2,1H3,(H,13,14). The van der Waals surface area contributed by atoms with Crippen LogP contribution in [0.1, 0.15) is 0 Å². The number of ether oxygens (including phenoxy) is 1. The van der Waals surface area contributed by atoms with Gasteiger partial charge in [0, 0.05) is 26.0 Å². The molecule has 1 unspecified atom stereocenters. The van der Waals surface area contributed by atoms with Crippen molar-refractivity contribution in [3.8, 4) is 0 Å². The molecule has 0 aliphatic carbocycles. The van der Waals surface area contributed by atoms with Crippen molar-refractivity contribution in [1.82, 2.24) is 9.55 Å². The molecule has 1 aromatic rings. The van der Waals surface area contributed by atoms with Crippen molar-refractivity contribution in [3.63, 3.8) is 0 Å². The maximum Gasteiger partial charge on any atom is 0.328 e. The summed E-state index contributed by atoms with van der Waals surface area (Å²) >= 11 is 0. The SMILES string of the molecule is Cn1ccnc1N1CCOCC1C(=O)O. The van der Waals surface area contributed by atoms with Gasteiger partial charge in [-0.3, -0.25) is 0 Å². The van der Waals surface area contributed by atoms with Crippen molar-refractivity contribution in [2.24, 2.45) is 7.05 Å². The Morgan fingerprint density at radius 3 is 3.13 bits per heavy atom. The van der Waals surface area contributed by atoms with Crippen LogP contribution in [0.5, 0.6) is 0 Å². The Morgan fingerprint density at radius 1 is 1.73 bits per heavy atom. The normalized spacial score (nSPS) is 21.7. The highest BCUT2D eigenvalue weighted by Gasteiger charge is 2.31. The second-order valence-electron chi connectivity index (χ2n) is 3.46. The number of carbonyl (C=O) groups is 1. The first-order valence-corrected chi connectivity index (χ1v) is 4.74. The number of rotatable bonds is 2. The van der Waals surface area contributed by atoms with E-state index >= 15 is 0 Å². The second kappa shape index (κ2) is 3.90. The van der Waals surface area contributed by atoms with Crippen LogP contribution >= 0.6 is 0 Å². The third-order valence-electron chi connectivity index (χ3n) is 2.47. The molecular formula is C9H13N3O3. The quantitative estimate of drug-likeness (QED) is 0.728. The number of nitrogens with zero attached hydrogens (tertiary/aromatic N) is 3. The lowest BCUT2D eigenvalue weighted by atomic mass is 10.2. The Kier molecular flexibility index (Phi) is 2.59. The number of hydrogen-bond acceptors (Lipinski definition) is 4. The zero-order chi connectivity index (χ0) is 10.8. The van der Waals surface area contributed by atoms with Crippen LogP contribution in [0, 0.1) is 0 Å². The molecule has 1 aromatic heterocycles. The van der Waals surface area contributed by atoms with E-state index in [1.54, 1.807) is 21.9 Å². The molecule has 6 nitrogen and oxygen atoms in total. The van der Waals surface area contributed by atoms with Crippen LogP contribution in [-0.2, 0) is 16.6 Å². The van der Waals surface area contributed by atoms with E-state index in [0.717, 1.165) is 0 Å². The van der Waals surface area contributed by atoms with Gasteiger partial charge in [0.15, 0.2) is 6.04 Å². The molecule has 1 N–H and O–H groups in total. The fraction of sp³-hybridized carbons (Fsp3) is 0.556. The number of hydrogen-bond donors (Lipinski definition) is 1. The lowest BCUT2D eigenvalue weighted by molar-refractivity contribution is -0.141. The molecule has 1 aliphatic heterocycles. The third-order valence-corrected chi connectivity index (χ3v) is 2.47. The van der Waals surface area contributed by atoms with E-state index < -0.39 is 12.0 Å². The topological polar surface area (TPSA) is 67.6 Å². The first-order chi connectivity index (χ1) is 7.20. The fourth-order valence-electron chi connectivity index (χ4n) is 1.68. The van der Waals surface area contributed by atoms with Gasteiger partial charge in [-0.1, -0.05) is 0 Å². The molecule has 15 heavy (non-hydrogen) atoms. The van der Waals surface area contributed by atoms with Gasteiger partial charge in [-0.2, -0.15) is 0 Å². The number of anilines is 1. The van der Waals surface area contributed by atoms with Crippen molar-refractivity contribution < 1.29 is 14.6 Å². The van der Waals surface area contributed by atoms with Gasteiger partial charge in [-0.25, -0.2) is 9.78 Å². The van der Waals surface area contributed by atoms with Crippen LogP contribution in [-0.4, -0.2) is 46.4 Å². The largest absolute Gasteiger partial charge is 0.480 e. The Balaban J connectivity index is 2.25. The molecule has 0 spiro atoms. The van der Waals surface area contributed by atoms with Gasteiger partial charge in [-0.05, 0) is 0 Å². The highest BCUT2D eigenvalue weighted by atomic mass is 16.5. The Labute approximate surface area is 87.1 Å². The van der Waals surface area contributed by atoms with Gasteiger partial charge in [0.1, 0.15) is 0 Å². The molecule has 1 aliphatic rings. The minimum Gasteiger partial charge on any atom is -0.480 e. The highest BCUT2D eigenvalue weighted by molar-refractivity contribution is 5.77. The fourth-order valence-corrected chi connectivity index (χ4v) is 1.68. The van der Waals surface area contributed by atoms with Crippen LogP contribution in [0.2, 0.25) is 0 Å². The number of aliphatic carboxylic acids is 1. The second-order valence-corrected chi connectivity index (χ2v) is 3.46. The van der Waals surface area contributed by atoms with Gasteiger partial charge in [-0.15, -0.1) is 0 Å². The lowest BCUT2D eigenvalue weighted by Gasteiger charge is -2.33.